The quantitative estimate of drug-likeness (QED) is 0.311. The molecule has 0 bridgehead atoms. The third-order valence-corrected chi connectivity index (χ3v) is 0.335. The van der Waals surface area contributed by atoms with E-state index >= 15 is 0 Å². The van der Waals surface area contributed by atoms with Gasteiger partial charge in [-0.25, -0.2) is 0 Å². The molecular weight excluding hydrogens is 76.1 g/mol. The molecule has 0 unspecified atom stereocenters. The fourth-order valence-corrected chi connectivity index (χ4v) is 0.0250. The Hall–Kier alpha value is -1.06. The molecule has 30 valence electrons. The Balaban J connectivity index is 3.99. The zero-order chi connectivity index (χ0) is 4.99. The first kappa shape index (κ1) is 4.94. The third-order valence-electron chi connectivity index (χ3n) is 0.335. The minimum absolute atomic E-state index is 0.204. The molecule has 0 aromatic rings. The van der Waals surface area contributed by atoms with Crippen molar-refractivity contribution >= 4 is 5.87 Å². The Kier molecular flexibility index (Phi) is 1.81. The third kappa shape index (κ3) is 1.28. The summed E-state index contributed by atoms with van der Waals surface area (Å²) in [5.74, 6) is 1.67. The maximum atomic E-state index is 7.83. The fraction of sp³-hybridized carbons (Fsp3) is 0.250. The molecule has 0 aromatic heterocycles. The molecule has 2 nitrogen and oxygen atoms in total. The summed E-state index contributed by atoms with van der Waals surface area (Å²) in [5.41, 5.74) is 0.204. The summed E-state index contributed by atoms with van der Waals surface area (Å²) in [4.78, 5) is 0. The van der Waals surface area contributed by atoms with E-state index in [-0.39, 0.29) is 5.57 Å². The second kappa shape index (κ2) is 2.19. The molecule has 0 rings (SSSR count). The standard InChI is InChI=1S/C4H3N2/c1-4(2-5)3-6/h1H3/q-1. The summed E-state index contributed by atoms with van der Waals surface area (Å²) in [7, 11) is 0. The van der Waals surface area contributed by atoms with Gasteiger partial charge in [0.1, 0.15) is 6.07 Å². The van der Waals surface area contributed by atoms with Gasteiger partial charge in [0.05, 0.1) is 0 Å². The maximum Gasteiger partial charge on any atom is 0.101 e. The van der Waals surface area contributed by atoms with Crippen LogP contribution in [-0.2, 0) is 0 Å². The molecule has 0 aliphatic rings. The molecule has 0 amide bonds. The van der Waals surface area contributed by atoms with Crippen molar-refractivity contribution in [2.75, 3.05) is 0 Å². The first-order chi connectivity index (χ1) is 2.81. The molecule has 0 saturated heterocycles. The van der Waals surface area contributed by atoms with Gasteiger partial charge in [0.15, 0.2) is 0 Å². The summed E-state index contributed by atoms with van der Waals surface area (Å²) in [5, 5.41) is 15.7. The topological polar surface area (TPSA) is 46.1 Å². The van der Waals surface area contributed by atoms with E-state index in [0.717, 1.165) is 0 Å². The average molecular weight is 79.1 g/mol. The van der Waals surface area contributed by atoms with E-state index in [0.29, 0.717) is 0 Å². The van der Waals surface area contributed by atoms with Gasteiger partial charge in [-0.15, -0.1) is 0 Å². The minimum Gasteiger partial charge on any atom is -0.762 e. The van der Waals surface area contributed by atoms with Crippen LogP contribution in [0.1, 0.15) is 6.92 Å². The van der Waals surface area contributed by atoms with E-state index < -0.39 is 0 Å². The predicted molar refractivity (Wildman–Crippen MR) is 23.2 cm³/mol. The number of nitrogens with zero attached hydrogens (tertiary/aromatic N) is 2. The summed E-state index contributed by atoms with van der Waals surface area (Å²) >= 11 is 0. The minimum atomic E-state index is 0.204. The molecule has 0 aromatic carbocycles. The Morgan fingerprint density at radius 3 is 2.33 bits per heavy atom. The van der Waals surface area contributed by atoms with Gasteiger partial charge in [-0.1, -0.05) is 0 Å². The van der Waals surface area contributed by atoms with E-state index in [1.165, 1.54) is 6.92 Å². The fourth-order valence-electron chi connectivity index (χ4n) is 0.0250. The first-order valence-corrected chi connectivity index (χ1v) is 1.45. The van der Waals surface area contributed by atoms with Crippen LogP contribution in [0.4, 0.5) is 0 Å². The molecule has 0 spiro atoms. The van der Waals surface area contributed by atoms with Crippen LogP contribution in [0, 0.1) is 11.3 Å². The Morgan fingerprint density at radius 2 is 2.33 bits per heavy atom. The summed E-state index contributed by atoms with van der Waals surface area (Å²) in [6.07, 6.45) is 0. The second-order valence-corrected chi connectivity index (χ2v) is 0.849. The zero-order valence-electron chi connectivity index (χ0n) is 3.39. The normalized spacial score (nSPS) is 5.33. The van der Waals surface area contributed by atoms with Gasteiger partial charge in [0, 0.05) is 5.57 Å². The van der Waals surface area contributed by atoms with Crippen LogP contribution in [-0.4, -0.2) is 5.87 Å². The molecule has 0 aliphatic heterocycles. The summed E-state index contributed by atoms with van der Waals surface area (Å²) < 4.78 is 0. The molecule has 6 heavy (non-hydrogen) atoms. The van der Waals surface area contributed by atoms with E-state index in [2.05, 4.69) is 0 Å². The van der Waals surface area contributed by atoms with Crippen LogP contribution in [0.5, 0.6) is 0 Å². The molecule has 0 aliphatic carbocycles. The number of rotatable bonds is 0. The van der Waals surface area contributed by atoms with Crippen LogP contribution in [0.2, 0.25) is 0 Å². The zero-order valence-corrected chi connectivity index (χ0v) is 3.39. The Bertz CT molecular complexity index is 123. The molecule has 0 atom stereocenters. The van der Waals surface area contributed by atoms with Crippen molar-refractivity contribution in [3.63, 3.8) is 0 Å². The van der Waals surface area contributed by atoms with Crippen molar-refractivity contribution in [3.05, 3.63) is 11.0 Å². The van der Waals surface area contributed by atoms with Gasteiger partial charge in [0.2, 0.25) is 0 Å². The van der Waals surface area contributed by atoms with Crippen LogP contribution < -0.4 is 0 Å². The van der Waals surface area contributed by atoms with E-state index in [1.807, 2.05) is 0 Å². The predicted octanol–water partition coefficient (Wildman–Crippen LogP) is 0.695. The number of hydrogen-bond donors (Lipinski definition) is 0. The van der Waals surface area contributed by atoms with Crippen LogP contribution >= 0.6 is 0 Å². The molecule has 2 heteroatoms. The lowest BCUT2D eigenvalue weighted by Gasteiger charge is -1.71. The smallest absolute Gasteiger partial charge is 0.101 e. The van der Waals surface area contributed by atoms with Crippen LogP contribution in [0.25, 0.3) is 5.41 Å². The maximum absolute atomic E-state index is 7.83. The number of hydrogen-bond acceptors (Lipinski definition) is 1. The van der Waals surface area contributed by atoms with E-state index in [9.17, 15) is 0 Å². The van der Waals surface area contributed by atoms with Crippen molar-refractivity contribution in [2.45, 2.75) is 6.92 Å². The van der Waals surface area contributed by atoms with Gasteiger partial charge >= 0.3 is 0 Å². The highest BCUT2D eigenvalue weighted by Crippen LogP contribution is 1.74. The van der Waals surface area contributed by atoms with E-state index in [4.69, 9.17) is 10.7 Å². The van der Waals surface area contributed by atoms with Crippen molar-refractivity contribution in [3.8, 4) is 6.07 Å². The lowest BCUT2D eigenvalue weighted by atomic mass is 10.4. The van der Waals surface area contributed by atoms with Gasteiger partial charge in [-0.3, -0.25) is 5.87 Å². The molecule has 0 N–H and O–H groups in total. The lowest BCUT2D eigenvalue weighted by molar-refractivity contribution is 1.47. The van der Waals surface area contributed by atoms with Gasteiger partial charge in [-0.05, 0) is 6.92 Å². The molecule has 0 saturated carbocycles. The number of nitriles is 1. The molecule has 0 heterocycles. The second-order valence-electron chi connectivity index (χ2n) is 0.849. The largest absolute Gasteiger partial charge is 0.762 e. The SMILES string of the molecule is CC(=C=[N-])C#N. The Labute approximate surface area is 36.2 Å². The average Bonchev–Trinajstić information content (AvgIpc) is 1.65. The molecule has 0 fully saturated rings. The lowest BCUT2D eigenvalue weighted by Crippen LogP contribution is -1.60. The molecule has 0 radical (unpaired) electrons. The summed E-state index contributed by atoms with van der Waals surface area (Å²) in [6.45, 7) is 1.47. The van der Waals surface area contributed by atoms with Crippen LogP contribution in [0.3, 0.4) is 0 Å². The van der Waals surface area contributed by atoms with E-state index in [1.54, 1.807) is 11.9 Å². The Morgan fingerprint density at radius 1 is 1.83 bits per heavy atom. The monoisotopic (exact) mass is 79.0 g/mol. The van der Waals surface area contributed by atoms with Crippen molar-refractivity contribution in [1.29, 1.82) is 5.26 Å². The van der Waals surface area contributed by atoms with Crippen molar-refractivity contribution in [1.82, 2.24) is 0 Å². The highest BCUT2D eigenvalue weighted by atomic mass is 14.3. The van der Waals surface area contributed by atoms with Crippen molar-refractivity contribution in [2.24, 2.45) is 0 Å². The van der Waals surface area contributed by atoms with Crippen molar-refractivity contribution < 1.29 is 0 Å². The number of allylic oxidation sites excluding steroid dienone is 1. The van der Waals surface area contributed by atoms with Gasteiger partial charge < -0.3 is 5.41 Å². The summed E-state index contributed by atoms with van der Waals surface area (Å²) in [6, 6.07) is 1.67. The van der Waals surface area contributed by atoms with Crippen LogP contribution in [0.15, 0.2) is 5.57 Å². The highest BCUT2D eigenvalue weighted by Gasteiger charge is 1.66. The van der Waals surface area contributed by atoms with Gasteiger partial charge in [-0.2, -0.15) is 5.26 Å². The molecular formula is C4H3N2-. The first-order valence-electron chi connectivity index (χ1n) is 1.45. The van der Waals surface area contributed by atoms with Gasteiger partial charge in [0.25, 0.3) is 0 Å². The highest BCUT2D eigenvalue weighted by molar-refractivity contribution is 5.64.